The van der Waals surface area contributed by atoms with Crippen LogP contribution in [0, 0.1) is 21.4 Å². The standard InChI is InChI=1S/C50H58BrN7O9S/c1-30(2)36-6-4-5-7-37(36)43-29-65-19-18-57(43)33-24-50(25-33)14-16-56(17-15-50)32-8-9-38(44(20-32)67-34-21-39-40(51)27-53-47(39)52-26-34)48(59)55-68(63,64)35-22-42(58(61)62)46-45(23-35)66-28-41(54-46)31-10-12-49(3,60)13-11-31/h4-9,20-23,26-27,30-31,33,41,43,54,60H,10-19,24-25,28-29H2,1-3H3,(H,52,53)(H,55,59)/t31?,41-,43-,49?/m1/s1. The van der Waals surface area contributed by atoms with E-state index in [1.165, 1.54) is 23.4 Å². The average Bonchev–Trinajstić information content (AvgIpc) is 3.69. The molecule has 2 aliphatic carbocycles. The van der Waals surface area contributed by atoms with E-state index in [0.717, 1.165) is 73.5 Å². The lowest BCUT2D eigenvalue weighted by Gasteiger charge is -2.57. The van der Waals surface area contributed by atoms with Gasteiger partial charge in [0.05, 0.1) is 52.5 Å². The van der Waals surface area contributed by atoms with Crippen LogP contribution in [0.15, 0.2) is 82.4 Å². The Hall–Kier alpha value is -5.27. The lowest BCUT2D eigenvalue weighted by molar-refractivity contribution is -0.384. The van der Waals surface area contributed by atoms with Crippen molar-refractivity contribution in [3.05, 3.63) is 104 Å². The summed E-state index contributed by atoms with van der Waals surface area (Å²) >= 11 is 3.54. The van der Waals surface area contributed by atoms with Gasteiger partial charge in [0.1, 0.15) is 23.8 Å². The fourth-order valence-corrected chi connectivity index (χ4v) is 12.7. The number of morpholine rings is 1. The summed E-state index contributed by atoms with van der Waals surface area (Å²) in [6.07, 6.45) is 10.2. The molecule has 0 radical (unpaired) electrons. The van der Waals surface area contributed by atoms with Crippen LogP contribution in [0.1, 0.15) is 106 Å². The second-order valence-corrected chi connectivity index (χ2v) is 22.6. The first kappa shape index (κ1) is 46.5. The van der Waals surface area contributed by atoms with Gasteiger partial charge < -0.3 is 34.5 Å². The third kappa shape index (κ3) is 9.17. The highest BCUT2D eigenvalue weighted by molar-refractivity contribution is 9.10. The number of nitrogens with zero attached hydrogens (tertiary/aromatic N) is 4. The predicted octanol–water partition coefficient (Wildman–Crippen LogP) is 9.20. The number of rotatable bonds is 11. The van der Waals surface area contributed by atoms with Gasteiger partial charge in [-0.15, -0.1) is 0 Å². The number of pyridine rings is 1. The number of nitro benzene ring substituents is 1. The molecule has 2 atom stereocenters. The molecule has 1 amide bonds. The Morgan fingerprint density at radius 2 is 1.81 bits per heavy atom. The van der Waals surface area contributed by atoms with E-state index in [-0.39, 0.29) is 52.8 Å². The molecule has 3 aliphatic heterocycles. The number of nitro groups is 1. The van der Waals surface area contributed by atoms with E-state index >= 15 is 0 Å². The second kappa shape index (κ2) is 18.2. The maximum atomic E-state index is 14.2. The van der Waals surface area contributed by atoms with Crippen LogP contribution in [0.4, 0.5) is 17.1 Å². The van der Waals surface area contributed by atoms with Crippen LogP contribution in [-0.2, 0) is 14.8 Å². The zero-order valence-electron chi connectivity index (χ0n) is 38.5. The van der Waals surface area contributed by atoms with Crippen LogP contribution in [0.25, 0.3) is 11.0 Å². The van der Waals surface area contributed by atoms with Gasteiger partial charge in [-0.3, -0.25) is 19.8 Å². The maximum Gasteiger partial charge on any atom is 0.297 e. The number of benzene rings is 3. The molecule has 68 heavy (non-hydrogen) atoms. The number of piperidine rings is 1. The van der Waals surface area contributed by atoms with Crippen molar-refractivity contribution in [2.24, 2.45) is 11.3 Å². The van der Waals surface area contributed by atoms with Gasteiger partial charge in [-0.2, -0.15) is 0 Å². The Balaban J connectivity index is 0.864. The summed E-state index contributed by atoms with van der Waals surface area (Å²) in [5, 5.41) is 26.9. The Morgan fingerprint density at radius 3 is 2.56 bits per heavy atom. The number of anilines is 2. The van der Waals surface area contributed by atoms with E-state index in [9.17, 15) is 28.4 Å². The number of carbonyl (C=O) groups excluding carboxylic acids is 1. The zero-order valence-corrected chi connectivity index (χ0v) is 40.9. The van der Waals surface area contributed by atoms with Crippen LogP contribution in [0.3, 0.4) is 0 Å². The molecule has 360 valence electrons. The molecule has 16 nitrogen and oxygen atoms in total. The number of hydrogen-bond acceptors (Lipinski definition) is 13. The number of H-pyrrole nitrogens is 1. The van der Waals surface area contributed by atoms with Crippen molar-refractivity contribution in [2.45, 2.75) is 107 Å². The van der Waals surface area contributed by atoms with Gasteiger partial charge in [-0.1, -0.05) is 38.1 Å². The Kier molecular flexibility index (Phi) is 12.5. The first-order valence-electron chi connectivity index (χ1n) is 23.7. The zero-order chi connectivity index (χ0) is 47.5. The van der Waals surface area contributed by atoms with Crippen LogP contribution < -0.4 is 24.4 Å². The minimum absolute atomic E-state index is 0.00305. The second-order valence-electron chi connectivity index (χ2n) is 20.1. The first-order chi connectivity index (χ1) is 32.6. The number of ether oxygens (including phenoxy) is 3. The van der Waals surface area contributed by atoms with E-state index in [1.54, 1.807) is 37.4 Å². The summed E-state index contributed by atoms with van der Waals surface area (Å²) in [4.78, 5) is 37.9. The normalized spacial score (nSPS) is 24.2. The van der Waals surface area contributed by atoms with E-state index < -0.39 is 37.0 Å². The number of hydrogen-bond donors (Lipinski definition) is 4. The monoisotopic (exact) mass is 1010 g/mol. The Labute approximate surface area is 404 Å². The number of aromatic amines is 1. The topological polar surface area (TPSA) is 201 Å². The molecule has 5 heterocycles. The fourth-order valence-electron chi connectivity index (χ4n) is 11.3. The van der Waals surface area contributed by atoms with Gasteiger partial charge in [0.25, 0.3) is 21.6 Å². The number of amides is 1. The first-order valence-corrected chi connectivity index (χ1v) is 26.0. The van der Waals surface area contributed by atoms with Gasteiger partial charge in [0.15, 0.2) is 11.4 Å². The van der Waals surface area contributed by atoms with E-state index in [2.05, 4.69) is 83.8 Å². The fraction of sp³-hybridized carbons (Fsp3) is 0.480. The number of aliphatic hydroxyl groups is 1. The summed E-state index contributed by atoms with van der Waals surface area (Å²) in [6.45, 7) is 10.4. The maximum absolute atomic E-state index is 14.2. The van der Waals surface area contributed by atoms with E-state index in [1.807, 2.05) is 0 Å². The smallest absolute Gasteiger partial charge is 0.297 e. The number of halogens is 1. The van der Waals surface area contributed by atoms with Gasteiger partial charge in [0.2, 0.25) is 0 Å². The molecule has 0 bridgehead atoms. The third-order valence-electron chi connectivity index (χ3n) is 15.2. The van der Waals surface area contributed by atoms with Gasteiger partial charge >= 0.3 is 0 Å². The van der Waals surface area contributed by atoms with Crippen LogP contribution >= 0.6 is 15.9 Å². The van der Waals surface area contributed by atoms with Crippen LogP contribution in [0.2, 0.25) is 0 Å². The van der Waals surface area contributed by atoms with Crippen molar-refractivity contribution in [2.75, 3.05) is 49.7 Å². The van der Waals surface area contributed by atoms with Crippen LogP contribution in [-0.4, -0.2) is 96.4 Å². The molecule has 0 unspecified atom stereocenters. The predicted molar refractivity (Wildman–Crippen MR) is 261 cm³/mol. The van der Waals surface area contributed by atoms with E-state index in [0.29, 0.717) is 55.6 Å². The van der Waals surface area contributed by atoms with Crippen molar-refractivity contribution in [3.8, 4) is 17.2 Å². The highest BCUT2D eigenvalue weighted by Crippen LogP contribution is 2.53. The minimum Gasteiger partial charge on any atom is -0.489 e. The van der Waals surface area contributed by atoms with Crippen molar-refractivity contribution < 1.29 is 37.5 Å². The minimum atomic E-state index is -4.68. The molecule has 2 aromatic heterocycles. The summed E-state index contributed by atoms with van der Waals surface area (Å²) in [5.41, 5.74) is 3.23. The van der Waals surface area contributed by atoms with Gasteiger partial charge in [-0.05, 0) is 121 Å². The molecular weight excluding hydrogens is 955 g/mol. The number of fused-ring (bicyclic) bond motifs is 2. The molecule has 3 aromatic carbocycles. The molecule has 1 spiro atoms. The lowest BCUT2D eigenvalue weighted by atomic mass is 9.59. The van der Waals surface area contributed by atoms with Crippen molar-refractivity contribution in [1.29, 1.82) is 0 Å². The molecule has 5 aliphatic rings. The highest BCUT2D eigenvalue weighted by atomic mass is 79.9. The Morgan fingerprint density at radius 1 is 1.04 bits per heavy atom. The third-order valence-corrected chi connectivity index (χ3v) is 17.2. The molecule has 5 aromatic rings. The largest absolute Gasteiger partial charge is 0.489 e. The summed E-state index contributed by atoms with van der Waals surface area (Å²) in [6, 6.07) is 18.3. The van der Waals surface area contributed by atoms with Crippen molar-refractivity contribution >= 4 is 60.0 Å². The molecule has 10 rings (SSSR count). The number of aromatic nitrogens is 2. The average molecular weight is 1010 g/mol. The van der Waals surface area contributed by atoms with Gasteiger partial charge in [-0.25, -0.2) is 18.1 Å². The molecule has 2 saturated carbocycles. The molecule has 18 heteroatoms. The van der Waals surface area contributed by atoms with Crippen molar-refractivity contribution in [3.63, 3.8) is 0 Å². The SMILES string of the molecule is CC(C)c1ccccc1[C@H]1COCCN1C1CC2(CCN(c3ccc(C(=O)NS(=O)(=O)c4cc5c(c([N+](=O)[O-])c4)N[C@@H](C4CCC(C)(O)CC4)CO5)c(Oc4cnc5[nH]cc(Br)c5c4)c3)CC2)C1. The number of sulfonamides is 1. The van der Waals surface area contributed by atoms with E-state index in [4.69, 9.17) is 14.2 Å². The number of carbonyl (C=O) groups is 1. The molecule has 4 fully saturated rings. The van der Waals surface area contributed by atoms with Gasteiger partial charge in [0, 0.05) is 65.6 Å². The molecule has 2 saturated heterocycles. The molecular formula is C50H58BrN7O9S. The van der Waals surface area contributed by atoms with Crippen molar-refractivity contribution in [1.82, 2.24) is 19.6 Å². The lowest BCUT2D eigenvalue weighted by Crippen LogP contribution is -2.58. The van der Waals surface area contributed by atoms with Crippen LogP contribution in [0.5, 0.6) is 17.2 Å². The summed E-state index contributed by atoms with van der Waals surface area (Å²) in [7, 11) is -4.68. The highest BCUT2D eigenvalue weighted by Gasteiger charge is 2.50. The Bertz CT molecular complexity index is 2850. The quantitative estimate of drug-likeness (QED) is 0.0722. The summed E-state index contributed by atoms with van der Waals surface area (Å²) < 4.78 is 49.4. The summed E-state index contributed by atoms with van der Waals surface area (Å²) in [5.74, 6) is -0.00706. The number of nitrogens with one attached hydrogen (secondary N) is 3. The molecule has 4 N–H and O–H groups in total.